The second-order valence-electron chi connectivity index (χ2n) is 3.75. The number of nitrogens with one attached hydrogen (secondary N) is 2. The quantitative estimate of drug-likeness (QED) is 0.447. The molecular formula is C11H12N4O3S. The van der Waals surface area contributed by atoms with E-state index in [0.717, 1.165) is 0 Å². The normalized spacial score (nSPS) is 12.4. The van der Waals surface area contributed by atoms with Crippen molar-refractivity contribution in [2.24, 2.45) is 5.16 Å². The zero-order chi connectivity index (χ0) is 13.9. The molecule has 19 heavy (non-hydrogen) atoms. The van der Waals surface area contributed by atoms with Gasteiger partial charge in [0.1, 0.15) is 0 Å². The highest BCUT2D eigenvalue weighted by Gasteiger charge is 2.17. The van der Waals surface area contributed by atoms with E-state index in [4.69, 9.17) is 5.21 Å². The van der Waals surface area contributed by atoms with Crippen molar-refractivity contribution in [2.45, 2.75) is 11.9 Å². The lowest BCUT2D eigenvalue weighted by atomic mass is 10.1. The summed E-state index contributed by atoms with van der Waals surface area (Å²) in [6.07, 6.45) is 2.48. The molecule has 100 valence electrons. The van der Waals surface area contributed by atoms with Crippen LogP contribution in [0.2, 0.25) is 0 Å². The number of anilines is 1. The predicted octanol–water partition coefficient (Wildman–Crippen LogP) is 1.41. The van der Waals surface area contributed by atoms with Gasteiger partial charge in [0, 0.05) is 5.56 Å². The monoisotopic (exact) mass is 280 g/mol. The van der Waals surface area contributed by atoms with Crippen LogP contribution in [0.3, 0.4) is 0 Å². The summed E-state index contributed by atoms with van der Waals surface area (Å²) in [5, 5.41) is 11.8. The first-order valence-electron chi connectivity index (χ1n) is 5.34. The van der Waals surface area contributed by atoms with Gasteiger partial charge in [-0.1, -0.05) is 23.4 Å². The SMILES string of the molecule is CC(=NO)c1ccccc1NS(=O)(=O)c1cnc[nH]1. The second-order valence-corrected chi connectivity index (χ2v) is 5.40. The third kappa shape index (κ3) is 2.74. The highest BCUT2D eigenvalue weighted by Crippen LogP contribution is 2.19. The fourth-order valence-electron chi connectivity index (χ4n) is 1.53. The van der Waals surface area contributed by atoms with Gasteiger partial charge in [-0.25, -0.2) is 4.98 Å². The van der Waals surface area contributed by atoms with E-state index in [-0.39, 0.29) is 5.03 Å². The van der Waals surface area contributed by atoms with Gasteiger partial charge in [0.25, 0.3) is 10.0 Å². The van der Waals surface area contributed by atoms with Gasteiger partial charge in [0.2, 0.25) is 0 Å². The van der Waals surface area contributed by atoms with Crippen molar-refractivity contribution in [3.05, 3.63) is 42.4 Å². The summed E-state index contributed by atoms with van der Waals surface area (Å²) >= 11 is 0. The van der Waals surface area contributed by atoms with Crippen LogP contribution in [0.4, 0.5) is 5.69 Å². The molecule has 0 atom stereocenters. The largest absolute Gasteiger partial charge is 0.411 e. The van der Waals surface area contributed by atoms with E-state index >= 15 is 0 Å². The van der Waals surface area contributed by atoms with E-state index in [2.05, 4.69) is 19.8 Å². The standard InChI is InChI=1S/C11H12N4O3S/c1-8(14-16)9-4-2-3-5-10(9)15-19(17,18)11-6-12-7-13-11/h2-7,15-16H,1H3,(H,12,13). The number of rotatable bonds is 4. The number of para-hydroxylation sites is 1. The molecule has 0 saturated heterocycles. The van der Waals surface area contributed by atoms with Crippen LogP contribution < -0.4 is 4.72 Å². The molecule has 0 aliphatic rings. The maximum atomic E-state index is 12.0. The van der Waals surface area contributed by atoms with Gasteiger partial charge in [0.15, 0.2) is 5.03 Å². The average Bonchev–Trinajstić information content (AvgIpc) is 2.93. The number of imidazole rings is 1. The number of sulfonamides is 1. The Bertz CT molecular complexity index is 692. The van der Waals surface area contributed by atoms with Crippen molar-refractivity contribution in [3.63, 3.8) is 0 Å². The molecule has 0 aliphatic carbocycles. The molecule has 0 amide bonds. The Hall–Kier alpha value is -2.35. The second kappa shape index (κ2) is 5.11. The molecule has 1 heterocycles. The fraction of sp³-hybridized carbons (Fsp3) is 0.0909. The summed E-state index contributed by atoms with van der Waals surface area (Å²) < 4.78 is 26.5. The molecule has 1 aromatic carbocycles. The number of aromatic amines is 1. The highest BCUT2D eigenvalue weighted by molar-refractivity contribution is 7.92. The molecule has 0 radical (unpaired) electrons. The van der Waals surface area contributed by atoms with Crippen LogP contribution in [0, 0.1) is 0 Å². The van der Waals surface area contributed by atoms with Gasteiger partial charge < -0.3 is 10.2 Å². The Balaban J connectivity index is 2.40. The first-order valence-corrected chi connectivity index (χ1v) is 6.82. The van der Waals surface area contributed by atoms with E-state index in [1.807, 2.05) is 0 Å². The van der Waals surface area contributed by atoms with E-state index in [1.54, 1.807) is 31.2 Å². The fourth-order valence-corrected chi connectivity index (χ4v) is 2.52. The Kier molecular flexibility index (Phi) is 3.52. The van der Waals surface area contributed by atoms with Crippen LogP contribution in [0.25, 0.3) is 0 Å². The minimum atomic E-state index is -3.74. The number of aromatic nitrogens is 2. The van der Waals surface area contributed by atoms with E-state index < -0.39 is 10.0 Å². The Morgan fingerprint density at radius 3 is 2.79 bits per heavy atom. The first kappa shape index (κ1) is 13.1. The average molecular weight is 280 g/mol. The molecular weight excluding hydrogens is 268 g/mol. The molecule has 0 unspecified atom stereocenters. The zero-order valence-corrected chi connectivity index (χ0v) is 10.8. The summed E-state index contributed by atoms with van der Waals surface area (Å²) in [6.45, 7) is 1.57. The van der Waals surface area contributed by atoms with Crippen molar-refractivity contribution in [3.8, 4) is 0 Å². The molecule has 7 nitrogen and oxygen atoms in total. The summed E-state index contributed by atoms with van der Waals surface area (Å²) in [5.41, 5.74) is 1.13. The van der Waals surface area contributed by atoms with Gasteiger partial charge in [0.05, 0.1) is 23.9 Å². The molecule has 2 rings (SSSR count). The summed E-state index contributed by atoms with van der Waals surface area (Å²) in [5.74, 6) is 0. The smallest absolute Gasteiger partial charge is 0.278 e. The van der Waals surface area contributed by atoms with E-state index in [0.29, 0.717) is 17.0 Å². The molecule has 3 N–H and O–H groups in total. The molecule has 1 aromatic heterocycles. The lowest BCUT2D eigenvalue weighted by molar-refractivity contribution is 0.319. The molecule has 0 spiro atoms. The van der Waals surface area contributed by atoms with E-state index in [1.165, 1.54) is 12.5 Å². The van der Waals surface area contributed by atoms with E-state index in [9.17, 15) is 8.42 Å². The maximum absolute atomic E-state index is 12.0. The molecule has 8 heteroatoms. The molecule has 0 aliphatic heterocycles. The van der Waals surface area contributed by atoms with Crippen molar-refractivity contribution < 1.29 is 13.6 Å². The summed E-state index contributed by atoms with van der Waals surface area (Å²) in [6, 6.07) is 6.63. The maximum Gasteiger partial charge on any atom is 0.278 e. The number of benzene rings is 1. The van der Waals surface area contributed by atoms with Crippen LogP contribution in [0.5, 0.6) is 0 Å². The van der Waals surface area contributed by atoms with Gasteiger partial charge in [-0.3, -0.25) is 4.72 Å². The number of hydrogen-bond acceptors (Lipinski definition) is 5. The third-order valence-electron chi connectivity index (χ3n) is 2.47. The van der Waals surface area contributed by atoms with Crippen molar-refractivity contribution >= 4 is 21.4 Å². The van der Waals surface area contributed by atoms with Crippen LogP contribution in [-0.2, 0) is 10.0 Å². The minimum absolute atomic E-state index is 0.0408. The third-order valence-corrected chi connectivity index (χ3v) is 3.76. The molecule has 0 saturated carbocycles. The Morgan fingerprint density at radius 1 is 1.42 bits per heavy atom. The van der Waals surface area contributed by atoms with Crippen molar-refractivity contribution in [2.75, 3.05) is 4.72 Å². The van der Waals surface area contributed by atoms with Crippen LogP contribution in [-0.4, -0.2) is 29.3 Å². The number of H-pyrrole nitrogens is 1. The Labute approximate surface area is 110 Å². The van der Waals surface area contributed by atoms with Crippen molar-refractivity contribution in [1.82, 2.24) is 9.97 Å². The van der Waals surface area contributed by atoms with Crippen LogP contribution in [0.1, 0.15) is 12.5 Å². The van der Waals surface area contributed by atoms with Crippen LogP contribution in [0.15, 0.2) is 47.0 Å². The first-order chi connectivity index (χ1) is 9.04. The van der Waals surface area contributed by atoms with Gasteiger partial charge >= 0.3 is 0 Å². The lowest BCUT2D eigenvalue weighted by Gasteiger charge is -2.10. The number of hydrogen-bond donors (Lipinski definition) is 3. The zero-order valence-electron chi connectivity index (χ0n) is 10.0. The summed E-state index contributed by atoms with van der Waals surface area (Å²) in [7, 11) is -3.74. The summed E-state index contributed by atoms with van der Waals surface area (Å²) in [4.78, 5) is 6.18. The molecule has 0 bridgehead atoms. The lowest BCUT2D eigenvalue weighted by Crippen LogP contribution is -2.15. The van der Waals surface area contributed by atoms with Gasteiger partial charge in [-0.2, -0.15) is 8.42 Å². The van der Waals surface area contributed by atoms with Gasteiger partial charge in [-0.05, 0) is 13.0 Å². The van der Waals surface area contributed by atoms with Crippen LogP contribution >= 0.6 is 0 Å². The predicted molar refractivity (Wildman–Crippen MR) is 69.8 cm³/mol. The number of nitrogens with zero attached hydrogens (tertiary/aromatic N) is 2. The topological polar surface area (TPSA) is 107 Å². The van der Waals surface area contributed by atoms with Crippen molar-refractivity contribution in [1.29, 1.82) is 0 Å². The highest BCUT2D eigenvalue weighted by atomic mass is 32.2. The number of oxime groups is 1. The molecule has 0 fully saturated rings. The minimum Gasteiger partial charge on any atom is -0.411 e. The molecule has 2 aromatic rings. The van der Waals surface area contributed by atoms with Gasteiger partial charge in [-0.15, -0.1) is 0 Å². The Morgan fingerprint density at radius 2 is 2.16 bits per heavy atom.